The van der Waals surface area contributed by atoms with E-state index in [0.29, 0.717) is 23.6 Å². The summed E-state index contributed by atoms with van der Waals surface area (Å²) in [6, 6.07) is 12.1. The number of hydrogen-bond acceptors (Lipinski definition) is 4. The smallest absolute Gasteiger partial charge is 0.315 e. The van der Waals surface area contributed by atoms with Crippen molar-refractivity contribution in [3.8, 4) is 6.07 Å². The molecule has 1 heterocycles. The Bertz CT molecular complexity index is 729. The Morgan fingerprint density at radius 3 is 2.78 bits per heavy atom. The average Bonchev–Trinajstić information content (AvgIpc) is 2.98. The Labute approximate surface area is 134 Å². The van der Waals surface area contributed by atoms with Crippen LogP contribution in [0.1, 0.15) is 29.6 Å². The Hall–Kier alpha value is -2.78. The summed E-state index contributed by atoms with van der Waals surface area (Å²) in [5.74, 6) is 1.10. The number of nitrogens with one attached hydrogen (secondary N) is 2. The van der Waals surface area contributed by atoms with Gasteiger partial charge in [0.25, 0.3) is 0 Å². The van der Waals surface area contributed by atoms with Crippen LogP contribution in [0.25, 0.3) is 0 Å². The zero-order chi connectivity index (χ0) is 16.9. The molecule has 0 aliphatic rings. The number of aliphatic hydroxyl groups is 1. The van der Waals surface area contributed by atoms with Crippen LogP contribution in [0.5, 0.6) is 0 Å². The fraction of sp³-hybridized carbons (Fsp3) is 0.294. The minimum atomic E-state index is -1.29. The topological polar surface area (TPSA) is 98.3 Å². The second-order valence-electron chi connectivity index (χ2n) is 5.53. The van der Waals surface area contributed by atoms with Gasteiger partial charge in [-0.05, 0) is 43.7 Å². The number of carbonyl (C=O) groups excluding carboxylic acids is 1. The normalized spacial score (nSPS) is 13.0. The van der Waals surface area contributed by atoms with Gasteiger partial charge >= 0.3 is 6.03 Å². The fourth-order valence-electron chi connectivity index (χ4n) is 2.06. The minimum absolute atomic E-state index is 0.0179. The number of amides is 2. The van der Waals surface area contributed by atoms with Crippen molar-refractivity contribution in [2.24, 2.45) is 0 Å². The molecule has 0 fully saturated rings. The predicted octanol–water partition coefficient (Wildman–Crippen LogP) is 2.17. The van der Waals surface area contributed by atoms with Gasteiger partial charge in [0.05, 0.1) is 18.2 Å². The van der Waals surface area contributed by atoms with E-state index in [4.69, 9.17) is 9.68 Å². The SMILES string of the molecule is Cc1ccc([C@@](C)(O)CNC(=O)NCc2cccc(C#N)c2)o1. The van der Waals surface area contributed by atoms with Gasteiger partial charge in [-0.3, -0.25) is 0 Å². The highest BCUT2D eigenvalue weighted by atomic mass is 16.4. The van der Waals surface area contributed by atoms with Crippen molar-refractivity contribution in [2.45, 2.75) is 26.0 Å². The third-order valence-corrected chi connectivity index (χ3v) is 3.37. The van der Waals surface area contributed by atoms with Crippen LogP contribution in [-0.2, 0) is 12.1 Å². The largest absolute Gasteiger partial charge is 0.463 e. The molecule has 23 heavy (non-hydrogen) atoms. The molecule has 0 radical (unpaired) electrons. The first-order valence-electron chi connectivity index (χ1n) is 7.21. The maximum atomic E-state index is 11.8. The molecule has 0 unspecified atom stereocenters. The molecule has 6 heteroatoms. The zero-order valence-corrected chi connectivity index (χ0v) is 13.1. The molecule has 0 aliphatic heterocycles. The van der Waals surface area contributed by atoms with Crippen LogP contribution in [0.4, 0.5) is 4.79 Å². The van der Waals surface area contributed by atoms with E-state index in [1.807, 2.05) is 12.1 Å². The van der Waals surface area contributed by atoms with E-state index >= 15 is 0 Å². The lowest BCUT2D eigenvalue weighted by atomic mass is 10.0. The van der Waals surface area contributed by atoms with E-state index < -0.39 is 11.6 Å². The Morgan fingerprint density at radius 1 is 1.35 bits per heavy atom. The summed E-state index contributed by atoms with van der Waals surface area (Å²) in [6.07, 6.45) is 0. The van der Waals surface area contributed by atoms with Crippen LogP contribution in [-0.4, -0.2) is 17.7 Å². The fourth-order valence-corrected chi connectivity index (χ4v) is 2.06. The van der Waals surface area contributed by atoms with Crippen molar-refractivity contribution in [3.05, 3.63) is 59.0 Å². The van der Waals surface area contributed by atoms with E-state index in [9.17, 15) is 9.90 Å². The van der Waals surface area contributed by atoms with E-state index in [1.54, 1.807) is 44.2 Å². The first kappa shape index (κ1) is 16.6. The third-order valence-electron chi connectivity index (χ3n) is 3.37. The maximum Gasteiger partial charge on any atom is 0.315 e. The number of benzene rings is 1. The van der Waals surface area contributed by atoms with Crippen molar-refractivity contribution in [2.75, 3.05) is 6.54 Å². The molecule has 2 rings (SSSR count). The highest BCUT2D eigenvalue weighted by Gasteiger charge is 2.27. The van der Waals surface area contributed by atoms with Gasteiger partial charge in [-0.1, -0.05) is 12.1 Å². The van der Waals surface area contributed by atoms with Crippen molar-refractivity contribution in [3.63, 3.8) is 0 Å². The third kappa shape index (κ3) is 4.59. The zero-order valence-electron chi connectivity index (χ0n) is 13.1. The number of hydrogen-bond donors (Lipinski definition) is 3. The summed E-state index contributed by atoms with van der Waals surface area (Å²) in [5.41, 5.74) is 0.0835. The molecule has 2 aromatic rings. The molecular formula is C17H19N3O3. The Kier molecular flexibility index (Phi) is 5.04. The van der Waals surface area contributed by atoms with Crippen molar-refractivity contribution < 1.29 is 14.3 Å². The van der Waals surface area contributed by atoms with E-state index in [2.05, 4.69) is 10.6 Å². The minimum Gasteiger partial charge on any atom is -0.463 e. The number of carbonyl (C=O) groups is 1. The molecule has 1 atom stereocenters. The molecule has 0 spiro atoms. The number of furan rings is 1. The lowest BCUT2D eigenvalue weighted by molar-refractivity contribution is 0.0360. The van der Waals surface area contributed by atoms with Gasteiger partial charge < -0.3 is 20.2 Å². The lowest BCUT2D eigenvalue weighted by Gasteiger charge is -2.21. The number of aryl methyl sites for hydroxylation is 1. The average molecular weight is 313 g/mol. The molecule has 3 N–H and O–H groups in total. The van der Waals surface area contributed by atoms with E-state index in [0.717, 1.165) is 5.56 Å². The molecule has 6 nitrogen and oxygen atoms in total. The summed E-state index contributed by atoms with van der Waals surface area (Å²) >= 11 is 0. The molecule has 0 saturated carbocycles. The van der Waals surface area contributed by atoms with Gasteiger partial charge in [0.2, 0.25) is 0 Å². The Morgan fingerprint density at radius 2 is 2.13 bits per heavy atom. The number of rotatable bonds is 5. The van der Waals surface area contributed by atoms with Crippen LogP contribution in [0.3, 0.4) is 0 Å². The first-order chi connectivity index (χ1) is 10.9. The van der Waals surface area contributed by atoms with Crippen molar-refractivity contribution in [1.82, 2.24) is 10.6 Å². The summed E-state index contributed by atoms with van der Waals surface area (Å²) in [5, 5.41) is 24.4. The molecule has 1 aromatic heterocycles. The van der Waals surface area contributed by atoms with Crippen LogP contribution in [0.2, 0.25) is 0 Å². The monoisotopic (exact) mass is 313 g/mol. The maximum absolute atomic E-state index is 11.8. The standard InChI is InChI=1S/C17H19N3O3/c1-12-6-7-15(23-12)17(2,22)11-20-16(21)19-10-14-5-3-4-13(8-14)9-18/h3-8,22H,10-11H2,1-2H3,(H2,19,20,21)/t17-/m0/s1. The molecular weight excluding hydrogens is 294 g/mol. The number of nitrogens with zero attached hydrogens (tertiary/aromatic N) is 1. The molecule has 1 aromatic carbocycles. The van der Waals surface area contributed by atoms with E-state index in [-0.39, 0.29) is 6.54 Å². The van der Waals surface area contributed by atoms with Gasteiger partial charge in [-0.2, -0.15) is 5.26 Å². The highest BCUT2D eigenvalue weighted by Crippen LogP contribution is 2.21. The number of nitriles is 1. The van der Waals surface area contributed by atoms with Crippen LogP contribution >= 0.6 is 0 Å². The molecule has 0 aliphatic carbocycles. The van der Waals surface area contributed by atoms with Gasteiger partial charge in [0.15, 0.2) is 0 Å². The van der Waals surface area contributed by atoms with Crippen LogP contribution < -0.4 is 10.6 Å². The highest BCUT2D eigenvalue weighted by molar-refractivity contribution is 5.73. The Balaban J connectivity index is 1.84. The van der Waals surface area contributed by atoms with Crippen LogP contribution in [0, 0.1) is 18.3 Å². The van der Waals surface area contributed by atoms with Crippen molar-refractivity contribution in [1.29, 1.82) is 5.26 Å². The van der Waals surface area contributed by atoms with Crippen LogP contribution in [0.15, 0.2) is 40.8 Å². The van der Waals surface area contributed by atoms with Gasteiger partial charge in [-0.15, -0.1) is 0 Å². The molecule has 120 valence electrons. The molecule has 0 bridgehead atoms. The molecule has 0 saturated heterocycles. The van der Waals surface area contributed by atoms with Gasteiger partial charge in [-0.25, -0.2) is 4.79 Å². The quantitative estimate of drug-likeness (QED) is 0.788. The van der Waals surface area contributed by atoms with E-state index in [1.165, 1.54) is 0 Å². The van der Waals surface area contributed by atoms with Gasteiger partial charge in [0, 0.05) is 6.54 Å². The summed E-state index contributed by atoms with van der Waals surface area (Å²) in [6.45, 7) is 3.67. The summed E-state index contributed by atoms with van der Waals surface area (Å²) in [7, 11) is 0. The summed E-state index contributed by atoms with van der Waals surface area (Å²) in [4.78, 5) is 11.8. The van der Waals surface area contributed by atoms with Crippen molar-refractivity contribution >= 4 is 6.03 Å². The lowest BCUT2D eigenvalue weighted by Crippen LogP contribution is -2.43. The second-order valence-corrected chi connectivity index (χ2v) is 5.53. The molecule has 2 amide bonds. The second kappa shape index (κ2) is 6.99. The van der Waals surface area contributed by atoms with Gasteiger partial charge in [0.1, 0.15) is 17.1 Å². The summed E-state index contributed by atoms with van der Waals surface area (Å²) < 4.78 is 5.38. The number of urea groups is 1. The first-order valence-corrected chi connectivity index (χ1v) is 7.21. The predicted molar refractivity (Wildman–Crippen MR) is 84.4 cm³/mol.